The molecule has 1 fully saturated rings. The van der Waals surface area contributed by atoms with Crippen LogP contribution in [0.15, 0.2) is 48.5 Å². The normalized spacial score (nSPS) is 20.2. The highest BCUT2D eigenvalue weighted by molar-refractivity contribution is 5.89. The van der Waals surface area contributed by atoms with E-state index in [1.54, 1.807) is 0 Å². The molecule has 0 bridgehead atoms. The maximum Gasteiger partial charge on any atom is 0.407 e. The van der Waals surface area contributed by atoms with Gasteiger partial charge in [0.05, 0.1) is 0 Å². The Kier molecular flexibility index (Phi) is 7.43. The quantitative estimate of drug-likeness (QED) is 0.604. The predicted octanol–water partition coefficient (Wildman–Crippen LogP) is 4.65. The summed E-state index contributed by atoms with van der Waals surface area (Å²) in [6.45, 7) is 6.32. The molecule has 1 aliphatic heterocycles. The molecule has 0 saturated carbocycles. The zero-order valence-electron chi connectivity index (χ0n) is 20.6. The first-order valence-corrected chi connectivity index (χ1v) is 12.4. The van der Waals surface area contributed by atoms with Crippen LogP contribution in [0.1, 0.15) is 57.1 Å². The van der Waals surface area contributed by atoms with Gasteiger partial charge in [-0.3, -0.25) is 4.79 Å². The smallest absolute Gasteiger partial charge is 0.407 e. The SMILES string of the molecule is CC(C)CC(NC(=O)OCC1c2ccccc2-c2ccccc21)C(=O)N1CCCC(C)C1C(=O)O. The van der Waals surface area contributed by atoms with Gasteiger partial charge < -0.3 is 20.1 Å². The molecule has 2 aliphatic rings. The number of hydrogen-bond donors (Lipinski definition) is 2. The van der Waals surface area contributed by atoms with Gasteiger partial charge in [0.15, 0.2) is 0 Å². The van der Waals surface area contributed by atoms with Gasteiger partial charge in [-0.05, 0) is 53.4 Å². The van der Waals surface area contributed by atoms with Crippen LogP contribution in [-0.4, -0.2) is 53.2 Å². The van der Waals surface area contributed by atoms with Crippen molar-refractivity contribution in [3.63, 3.8) is 0 Å². The second-order valence-corrected chi connectivity index (χ2v) is 10.1. The third-order valence-corrected chi connectivity index (χ3v) is 7.11. The Hall–Kier alpha value is -3.35. The van der Waals surface area contributed by atoms with E-state index in [0.29, 0.717) is 13.0 Å². The lowest BCUT2D eigenvalue weighted by Gasteiger charge is -2.39. The van der Waals surface area contributed by atoms with Gasteiger partial charge in [-0.1, -0.05) is 69.3 Å². The number of alkyl carbamates (subject to hydrolysis) is 1. The fourth-order valence-corrected chi connectivity index (χ4v) is 5.49. The van der Waals surface area contributed by atoms with Crippen LogP contribution in [-0.2, 0) is 14.3 Å². The second-order valence-electron chi connectivity index (χ2n) is 10.1. The van der Waals surface area contributed by atoms with Crippen LogP contribution in [0, 0.1) is 11.8 Å². The summed E-state index contributed by atoms with van der Waals surface area (Å²) in [6, 6.07) is 14.5. The van der Waals surface area contributed by atoms with Crippen molar-refractivity contribution in [1.82, 2.24) is 10.2 Å². The summed E-state index contributed by atoms with van der Waals surface area (Å²) in [5.41, 5.74) is 4.51. The molecule has 0 radical (unpaired) electrons. The van der Waals surface area contributed by atoms with Crippen molar-refractivity contribution in [2.45, 2.75) is 58.0 Å². The number of piperidine rings is 1. The lowest BCUT2D eigenvalue weighted by molar-refractivity contribution is -0.155. The van der Waals surface area contributed by atoms with Crippen LogP contribution >= 0.6 is 0 Å². The van der Waals surface area contributed by atoms with E-state index in [9.17, 15) is 19.5 Å². The number of ether oxygens (including phenoxy) is 1. The second kappa shape index (κ2) is 10.5. The first-order valence-electron chi connectivity index (χ1n) is 12.4. The minimum atomic E-state index is -1.00. The van der Waals surface area contributed by atoms with Gasteiger partial charge in [0.25, 0.3) is 0 Å². The van der Waals surface area contributed by atoms with Crippen molar-refractivity contribution in [3.05, 3.63) is 59.7 Å². The van der Waals surface area contributed by atoms with Crippen molar-refractivity contribution in [3.8, 4) is 11.1 Å². The average molecular weight is 479 g/mol. The van der Waals surface area contributed by atoms with Gasteiger partial charge in [0.1, 0.15) is 18.7 Å². The lowest BCUT2D eigenvalue weighted by Crippen LogP contribution is -2.58. The molecule has 2 aromatic carbocycles. The van der Waals surface area contributed by atoms with Crippen LogP contribution in [0.2, 0.25) is 0 Å². The third-order valence-electron chi connectivity index (χ3n) is 7.11. The number of fused-ring (bicyclic) bond motifs is 3. The molecule has 186 valence electrons. The van der Waals surface area contributed by atoms with E-state index in [-0.39, 0.29) is 30.3 Å². The molecule has 0 spiro atoms. The molecule has 2 aromatic rings. The van der Waals surface area contributed by atoms with E-state index in [0.717, 1.165) is 35.1 Å². The molecular weight excluding hydrogens is 444 g/mol. The molecule has 7 nitrogen and oxygen atoms in total. The van der Waals surface area contributed by atoms with E-state index in [2.05, 4.69) is 29.6 Å². The molecule has 2 amide bonds. The fraction of sp³-hybridized carbons (Fsp3) is 0.464. The lowest BCUT2D eigenvalue weighted by atomic mass is 9.89. The number of nitrogens with zero attached hydrogens (tertiary/aromatic N) is 1. The van der Waals surface area contributed by atoms with Crippen LogP contribution in [0.4, 0.5) is 4.79 Å². The number of carbonyl (C=O) groups is 3. The number of carboxylic acids is 1. The van der Waals surface area contributed by atoms with Crippen LogP contribution in [0.5, 0.6) is 0 Å². The number of carbonyl (C=O) groups excluding carboxylic acids is 2. The Labute approximate surface area is 206 Å². The molecule has 1 heterocycles. The fourth-order valence-electron chi connectivity index (χ4n) is 5.49. The molecule has 0 aromatic heterocycles. The predicted molar refractivity (Wildman–Crippen MR) is 133 cm³/mol. The van der Waals surface area contributed by atoms with Gasteiger partial charge >= 0.3 is 12.1 Å². The van der Waals surface area contributed by atoms with E-state index in [4.69, 9.17) is 4.74 Å². The van der Waals surface area contributed by atoms with Crippen molar-refractivity contribution >= 4 is 18.0 Å². The Morgan fingerprint density at radius 3 is 2.23 bits per heavy atom. The van der Waals surface area contributed by atoms with E-state index < -0.39 is 24.1 Å². The number of rotatable bonds is 7. The summed E-state index contributed by atoms with van der Waals surface area (Å²) < 4.78 is 5.65. The highest BCUT2D eigenvalue weighted by atomic mass is 16.5. The maximum atomic E-state index is 13.4. The minimum Gasteiger partial charge on any atom is -0.480 e. The number of nitrogens with one attached hydrogen (secondary N) is 1. The highest BCUT2D eigenvalue weighted by Gasteiger charge is 2.40. The number of amides is 2. The largest absolute Gasteiger partial charge is 0.480 e. The summed E-state index contributed by atoms with van der Waals surface area (Å²) >= 11 is 0. The monoisotopic (exact) mass is 478 g/mol. The van der Waals surface area contributed by atoms with Gasteiger partial charge in [-0.2, -0.15) is 0 Å². The average Bonchev–Trinajstić information content (AvgIpc) is 3.15. The molecule has 3 unspecified atom stereocenters. The topological polar surface area (TPSA) is 95.9 Å². The molecule has 7 heteroatoms. The Balaban J connectivity index is 1.46. The van der Waals surface area contributed by atoms with Crippen molar-refractivity contribution < 1.29 is 24.2 Å². The molecule has 1 aliphatic carbocycles. The number of likely N-dealkylation sites (tertiary alicyclic amines) is 1. The van der Waals surface area contributed by atoms with Gasteiger partial charge in [-0.15, -0.1) is 0 Å². The van der Waals surface area contributed by atoms with Gasteiger partial charge in [-0.25, -0.2) is 9.59 Å². The molecule has 2 N–H and O–H groups in total. The number of carboxylic acid groups (broad SMARTS) is 1. The van der Waals surface area contributed by atoms with Crippen molar-refractivity contribution in [2.24, 2.45) is 11.8 Å². The summed E-state index contributed by atoms with van der Waals surface area (Å²) in [5.74, 6) is -1.45. The molecule has 35 heavy (non-hydrogen) atoms. The summed E-state index contributed by atoms with van der Waals surface area (Å²) in [6.07, 6.45) is 1.24. The minimum absolute atomic E-state index is 0.0771. The molecule has 1 saturated heterocycles. The van der Waals surface area contributed by atoms with Crippen molar-refractivity contribution in [1.29, 1.82) is 0 Å². The zero-order valence-corrected chi connectivity index (χ0v) is 20.6. The molecule has 4 rings (SSSR count). The summed E-state index contributed by atoms with van der Waals surface area (Å²) in [7, 11) is 0. The number of benzene rings is 2. The van der Waals surface area contributed by atoms with Crippen molar-refractivity contribution in [2.75, 3.05) is 13.2 Å². The first-order chi connectivity index (χ1) is 16.8. The van der Waals surface area contributed by atoms with Gasteiger partial charge in [0, 0.05) is 12.5 Å². The Morgan fingerprint density at radius 2 is 1.66 bits per heavy atom. The van der Waals surface area contributed by atoms with E-state index in [1.807, 2.05) is 45.0 Å². The number of aliphatic carboxylic acids is 1. The van der Waals surface area contributed by atoms with E-state index >= 15 is 0 Å². The van der Waals surface area contributed by atoms with Crippen LogP contribution in [0.25, 0.3) is 11.1 Å². The van der Waals surface area contributed by atoms with Crippen LogP contribution in [0.3, 0.4) is 0 Å². The highest BCUT2D eigenvalue weighted by Crippen LogP contribution is 2.44. The standard InChI is InChI=1S/C28H34N2O5/c1-17(2)15-24(26(31)30-14-8-9-18(3)25(30)27(32)33)29-28(34)35-16-23-21-12-6-4-10-19(21)20-11-5-7-13-22(20)23/h4-7,10-13,17-18,23-25H,8-9,14-16H2,1-3H3,(H,29,34)(H,32,33). The number of hydrogen-bond acceptors (Lipinski definition) is 4. The van der Waals surface area contributed by atoms with Crippen LogP contribution < -0.4 is 5.32 Å². The third kappa shape index (κ3) is 5.19. The summed E-state index contributed by atoms with van der Waals surface area (Å²) in [4.78, 5) is 39.6. The maximum absolute atomic E-state index is 13.4. The molecular formula is C28H34N2O5. The van der Waals surface area contributed by atoms with E-state index in [1.165, 1.54) is 4.90 Å². The Bertz CT molecular complexity index is 1050. The zero-order chi connectivity index (χ0) is 25.1. The summed E-state index contributed by atoms with van der Waals surface area (Å²) in [5, 5.41) is 12.5. The molecule has 3 atom stereocenters. The Morgan fingerprint density at radius 1 is 1.06 bits per heavy atom. The first kappa shape index (κ1) is 24.8. The van der Waals surface area contributed by atoms with Gasteiger partial charge in [0.2, 0.25) is 5.91 Å².